The van der Waals surface area contributed by atoms with Gasteiger partial charge in [0.05, 0.1) is 18.3 Å². The van der Waals surface area contributed by atoms with Crippen molar-refractivity contribution in [3.8, 4) is 0 Å². The molecule has 7 rings (SSSR count). The Morgan fingerprint density at radius 1 is 1.00 bits per heavy atom. The number of nitrogens with zero attached hydrogens (tertiary/aromatic N) is 9. The molecule has 1 saturated heterocycles. The zero-order chi connectivity index (χ0) is 29.1. The average Bonchev–Trinajstić information content (AvgIpc) is 3.89. The first-order chi connectivity index (χ1) is 20.4. The Bertz CT molecular complexity index is 1650. The Labute approximate surface area is 245 Å². The van der Waals surface area contributed by atoms with Gasteiger partial charge in [-0.2, -0.15) is 5.10 Å². The van der Waals surface area contributed by atoms with Gasteiger partial charge >= 0.3 is 0 Å². The number of anilines is 2. The number of nitrogens with one attached hydrogen (secondary N) is 1. The maximum absolute atomic E-state index is 13.5. The number of likely N-dealkylation sites (N-methyl/N-ethyl adjacent to an activating group) is 1. The SMILES string of the molecule is CCn1nc(Nc2nc3c(cc(CC(=O)N(C4CC4)C4CC4)n3CC)c3c2ncn3C)cc1C(=O)N1CCN(C)CC1. The van der Waals surface area contributed by atoms with E-state index in [0.29, 0.717) is 62.0 Å². The topological polar surface area (TPSA) is 109 Å². The maximum Gasteiger partial charge on any atom is 0.272 e. The van der Waals surface area contributed by atoms with E-state index < -0.39 is 0 Å². The molecule has 1 aliphatic heterocycles. The number of piperazine rings is 1. The molecule has 4 aromatic rings. The smallest absolute Gasteiger partial charge is 0.272 e. The van der Waals surface area contributed by atoms with E-state index in [2.05, 4.69) is 44.7 Å². The molecule has 5 heterocycles. The molecule has 0 aromatic carbocycles. The number of hydrogen-bond donors (Lipinski definition) is 1. The highest BCUT2D eigenvalue weighted by Gasteiger charge is 2.42. The monoisotopic (exact) mass is 572 g/mol. The van der Waals surface area contributed by atoms with Gasteiger partial charge in [-0.1, -0.05) is 0 Å². The summed E-state index contributed by atoms with van der Waals surface area (Å²) in [4.78, 5) is 42.9. The highest BCUT2D eigenvalue weighted by Crippen LogP contribution is 2.38. The molecular weight excluding hydrogens is 532 g/mol. The highest BCUT2D eigenvalue weighted by molar-refractivity contribution is 6.07. The second-order valence-corrected chi connectivity index (χ2v) is 12.0. The molecule has 0 spiro atoms. The summed E-state index contributed by atoms with van der Waals surface area (Å²) in [6.07, 6.45) is 6.67. The molecule has 3 aliphatic rings. The molecule has 2 saturated carbocycles. The average molecular weight is 573 g/mol. The molecular formula is C30H40N10O2. The predicted octanol–water partition coefficient (Wildman–Crippen LogP) is 2.99. The zero-order valence-electron chi connectivity index (χ0n) is 25.0. The molecule has 1 N–H and O–H groups in total. The first-order valence-corrected chi connectivity index (χ1v) is 15.3. The lowest BCUT2D eigenvalue weighted by atomic mass is 10.2. The van der Waals surface area contributed by atoms with Crippen molar-refractivity contribution in [1.29, 1.82) is 0 Å². The lowest BCUT2D eigenvalue weighted by molar-refractivity contribution is -0.131. The van der Waals surface area contributed by atoms with Crippen LogP contribution in [0.2, 0.25) is 0 Å². The number of aromatic nitrogens is 6. The fourth-order valence-electron chi connectivity index (χ4n) is 6.39. The molecule has 0 bridgehead atoms. The first-order valence-electron chi connectivity index (χ1n) is 15.3. The summed E-state index contributed by atoms with van der Waals surface area (Å²) < 4.78 is 5.90. The van der Waals surface area contributed by atoms with Crippen LogP contribution in [0.25, 0.3) is 22.1 Å². The number of hydrogen-bond acceptors (Lipinski definition) is 7. The van der Waals surface area contributed by atoms with E-state index in [4.69, 9.17) is 10.1 Å². The molecule has 0 unspecified atom stereocenters. The number of carbonyl (C=O) groups is 2. The fraction of sp³-hybridized carbons (Fsp3) is 0.567. The second-order valence-electron chi connectivity index (χ2n) is 12.0. The summed E-state index contributed by atoms with van der Waals surface area (Å²) in [5.41, 5.74) is 4.04. The van der Waals surface area contributed by atoms with Gasteiger partial charge in [0, 0.05) is 75.5 Å². The Hall–Kier alpha value is -3.93. The van der Waals surface area contributed by atoms with Crippen molar-refractivity contribution >= 4 is 45.5 Å². The Balaban J connectivity index is 1.23. The number of fused-ring (bicyclic) bond motifs is 3. The summed E-state index contributed by atoms with van der Waals surface area (Å²) in [6, 6.07) is 4.79. The van der Waals surface area contributed by atoms with Gasteiger partial charge in [-0.15, -0.1) is 0 Å². The minimum absolute atomic E-state index is 0.00231. The van der Waals surface area contributed by atoms with Crippen molar-refractivity contribution in [2.24, 2.45) is 7.05 Å². The molecule has 12 heteroatoms. The van der Waals surface area contributed by atoms with Gasteiger partial charge in [0.15, 0.2) is 11.6 Å². The molecule has 2 amide bonds. The minimum Gasteiger partial charge on any atom is -0.336 e. The van der Waals surface area contributed by atoms with Crippen molar-refractivity contribution in [3.05, 3.63) is 29.8 Å². The van der Waals surface area contributed by atoms with Crippen LogP contribution in [0.5, 0.6) is 0 Å². The van der Waals surface area contributed by atoms with Crippen LogP contribution < -0.4 is 5.32 Å². The number of rotatable bonds is 9. The quantitative estimate of drug-likeness (QED) is 0.328. The van der Waals surface area contributed by atoms with E-state index in [9.17, 15) is 9.59 Å². The van der Waals surface area contributed by atoms with Crippen LogP contribution in [0.1, 0.15) is 55.7 Å². The second kappa shape index (κ2) is 10.4. The van der Waals surface area contributed by atoms with Crippen LogP contribution in [0.15, 0.2) is 18.5 Å². The lowest BCUT2D eigenvalue weighted by Gasteiger charge is -2.32. The van der Waals surface area contributed by atoms with Crippen LogP contribution in [0.3, 0.4) is 0 Å². The van der Waals surface area contributed by atoms with Crippen molar-refractivity contribution in [2.75, 3.05) is 38.5 Å². The van der Waals surface area contributed by atoms with Gasteiger partial charge in [-0.3, -0.25) is 14.3 Å². The van der Waals surface area contributed by atoms with Crippen molar-refractivity contribution < 1.29 is 9.59 Å². The van der Waals surface area contributed by atoms with Gasteiger partial charge in [-0.25, -0.2) is 9.97 Å². The third kappa shape index (κ3) is 4.71. The predicted molar refractivity (Wildman–Crippen MR) is 161 cm³/mol. The molecule has 0 radical (unpaired) electrons. The molecule has 12 nitrogen and oxygen atoms in total. The van der Waals surface area contributed by atoms with E-state index in [1.807, 2.05) is 29.5 Å². The fourth-order valence-corrected chi connectivity index (χ4v) is 6.39. The molecule has 4 aromatic heterocycles. The van der Waals surface area contributed by atoms with Gasteiger partial charge in [-0.05, 0) is 52.6 Å². The first kappa shape index (κ1) is 26.9. The van der Waals surface area contributed by atoms with Crippen LogP contribution >= 0.6 is 0 Å². The van der Waals surface area contributed by atoms with Gasteiger partial charge in [0.1, 0.15) is 16.9 Å². The number of pyridine rings is 1. The highest BCUT2D eigenvalue weighted by atomic mass is 16.2. The standard InChI is InChI=1S/C30H40N10O2/c1-5-38-21(16-25(41)40(19-7-8-19)20-9-10-20)15-22-27-26(31-18-36(27)4)28(33-29(22)38)32-24-17-23(39(6-2)34-24)30(42)37-13-11-35(3)12-14-37/h15,17-20H,5-14,16H2,1-4H3,(H,32,33,34). The number of amides is 2. The zero-order valence-corrected chi connectivity index (χ0v) is 25.0. The maximum atomic E-state index is 13.5. The third-order valence-electron chi connectivity index (χ3n) is 8.94. The van der Waals surface area contributed by atoms with Crippen LogP contribution in [-0.4, -0.2) is 101 Å². The number of imidazole rings is 1. The largest absolute Gasteiger partial charge is 0.336 e. The Morgan fingerprint density at radius 2 is 1.71 bits per heavy atom. The van der Waals surface area contributed by atoms with Crippen molar-refractivity contribution in [2.45, 2.75) is 71.1 Å². The van der Waals surface area contributed by atoms with Crippen LogP contribution in [-0.2, 0) is 31.4 Å². The van der Waals surface area contributed by atoms with E-state index in [1.54, 1.807) is 11.0 Å². The summed E-state index contributed by atoms with van der Waals surface area (Å²) in [7, 11) is 4.06. The van der Waals surface area contributed by atoms with E-state index in [1.165, 1.54) is 0 Å². The van der Waals surface area contributed by atoms with Gasteiger partial charge in [0.2, 0.25) is 5.91 Å². The summed E-state index contributed by atoms with van der Waals surface area (Å²) >= 11 is 0. The molecule has 222 valence electrons. The van der Waals surface area contributed by atoms with Crippen molar-refractivity contribution in [3.63, 3.8) is 0 Å². The van der Waals surface area contributed by atoms with E-state index >= 15 is 0 Å². The van der Waals surface area contributed by atoms with Crippen LogP contribution in [0.4, 0.5) is 11.6 Å². The molecule has 42 heavy (non-hydrogen) atoms. The molecule has 2 aliphatic carbocycles. The normalized spacial score (nSPS) is 17.9. The molecule has 0 atom stereocenters. The van der Waals surface area contributed by atoms with Gasteiger partial charge < -0.3 is 29.2 Å². The lowest BCUT2D eigenvalue weighted by Crippen LogP contribution is -2.47. The summed E-state index contributed by atoms with van der Waals surface area (Å²) in [5, 5.41) is 9.09. The number of carbonyl (C=O) groups excluding carboxylic acids is 2. The Morgan fingerprint density at radius 3 is 2.36 bits per heavy atom. The third-order valence-corrected chi connectivity index (χ3v) is 8.94. The summed E-state index contributed by atoms with van der Waals surface area (Å²) in [6.45, 7) is 8.50. The minimum atomic E-state index is -0.00231. The van der Waals surface area contributed by atoms with E-state index in [-0.39, 0.29) is 11.8 Å². The number of aryl methyl sites for hydroxylation is 3. The van der Waals surface area contributed by atoms with Gasteiger partial charge in [0.25, 0.3) is 5.91 Å². The molecule has 3 fully saturated rings. The summed E-state index contributed by atoms with van der Waals surface area (Å²) in [5.74, 6) is 1.36. The van der Waals surface area contributed by atoms with Crippen molar-refractivity contribution in [1.82, 2.24) is 43.6 Å². The Kier molecular flexibility index (Phi) is 6.68. The van der Waals surface area contributed by atoms with Crippen LogP contribution in [0, 0.1) is 0 Å². The van der Waals surface area contributed by atoms with E-state index in [0.717, 1.165) is 66.5 Å².